The molecule has 0 amide bonds. The van der Waals surface area contributed by atoms with Gasteiger partial charge in [0, 0.05) is 5.56 Å². The Hall–Kier alpha value is -0.730. The Balaban J connectivity index is 2.47. The Morgan fingerprint density at radius 1 is 1.29 bits per heavy atom. The zero-order valence-electron chi connectivity index (χ0n) is 10.8. The van der Waals surface area contributed by atoms with Gasteiger partial charge >= 0.3 is 0 Å². The van der Waals surface area contributed by atoms with Crippen molar-refractivity contribution in [1.82, 2.24) is 0 Å². The van der Waals surface area contributed by atoms with E-state index < -0.39 is 4.87 Å². The van der Waals surface area contributed by atoms with Crippen LogP contribution in [-0.4, -0.2) is 20.3 Å². The summed E-state index contributed by atoms with van der Waals surface area (Å²) in [6.07, 6.45) is 0. The van der Waals surface area contributed by atoms with Gasteiger partial charge in [0.1, 0.15) is 10.6 Å². The highest BCUT2D eigenvalue weighted by Gasteiger charge is 2.41. The second-order valence-electron chi connectivity index (χ2n) is 5.62. The van der Waals surface area contributed by atoms with Crippen molar-refractivity contribution < 1.29 is 9.47 Å². The van der Waals surface area contributed by atoms with E-state index in [0.29, 0.717) is 13.2 Å². The van der Waals surface area contributed by atoms with Crippen LogP contribution in [0.5, 0.6) is 5.75 Å². The third kappa shape index (κ3) is 2.29. The highest BCUT2D eigenvalue weighted by Crippen LogP contribution is 2.42. The summed E-state index contributed by atoms with van der Waals surface area (Å²) in [6.45, 7) is 7.68. The molecule has 0 spiro atoms. The number of hydrogen-bond acceptors (Lipinski definition) is 2. The largest absolute Gasteiger partial charge is 0.496 e. The Kier molecular flexibility index (Phi) is 3.13. The molecule has 0 N–H and O–H groups in total. The molecule has 0 bridgehead atoms. The van der Waals surface area contributed by atoms with Crippen LogP contribution in [0.3, 0.4) is 0 Å². The van der Waals surface area contributed by atoms with Crippen molar-refractivity contribution in [3.05, 3.63) is 29.3 Å². The van der Waals surface area contributed by atoms with Crippen LogP contribution in [0.1, 0.15) is 31.9 Å². The van der Waals surface area contributed by atoms with Gasteiger partial charge in [-0.1, -0.05) is 26.8 Å². The van der Waals surface area contributed by atoms with Gasteiger partial charge in [0.25, 0.3) is 0 Å². The summed E-state index contributed by atoms with van der Waals surface area (Å²) in [5, 5.41) is 0. The third-order valence-corrected chi connectivity index (χ3v) is 3.63. The molecule has 1 aliphatic rings. The summed E-state index contributed by atoms with van der Waals surface area (Å²) < 4.78 is 10.6. The number of ether oxygens (including phenoxy) is 2. The molecule has 0 aromatic heterocycles. The first-order valence-electron chi connectivity index (χ1n) is 5.82. The summed E-state index contributed by atoms with van der Waals surface area (Å²) in [7, 11) is 1.68. The van der Waals surface area contributed by atoms with E-state index in [1.165, 1.54) is 5.56 Å². The lowest BCUT2D eigenvalue weighted by atomic mass is 9.83. The molecule has 0 radical (unpaired) electrons. The minimum absolute atomic E-state index is 0.110. The van der Waals surface area contributed by atoms with Gasteiger partial charge in [0.15, 0.2) is 0 Å². The zero-order valence-corrected chi connectivity index (χ0v) is 11.6. The van der Waals surface area contributed by atoms with Gasteiger partial charge in [-0.25, -0.2) is 0 Å². The predicted octanol–water partition coefficient (Wildman–Crippen LogP) is 3.46. The maximum atomic E-state index is 6.53. The Morgan fingerprint density at radius 3 is 2.35 bits per heavy atom. The molecular weight excluding hydrogens is 236 g/mol. The lowest BCUT2D eigenvalue weighted by Crippen LogP contribution is -2.42. The van der Waals surface area contributed by atoms with Gasteiger partial charge in [-0.3, -0.25) is 0 Å². The number of halogens is 1. The molecule has 1 aliphatic heterocycles. The molecule has 3 heteroatoms. The minimum Gasteiger partial charge on any atom is -0.496 e. The molecule has 1 heterocycles. The molecule has 1 saturated heterocycles. The van der Waals surface area contributed by atoms with Crippen LogP contribution in [-0.2, 0) is 15.0 Å². The van der Waals surface area contributed by atoms with E-state index in [0.717, 1.165) is 11.3 Å². The van der Waals surface area contributed by atoms with Crippen LogP contribution >= 0.6 is 11.6 Å². The molecule has 2 rings (SSSR count). The van der Waals surface area contributed by atoms with E-state index in [9.17, 15) is 0 Å². The first-order valence-corrected chi connectivity index (χ1v) is 6.20. The fraction of sp³-hybridized carbons (Fsp3) is 0.571. The van der Waals surface area contributed by atoms with E-state index in [2.05, 4.69) is 32.9 Å². The average molecular weight is 255 g/mol. The topological polar surface area (TPSA) is 18.5 Å². The van der Waals surface area contributed by atoms with Crippen molar-refractivity contribution in [2.24, 2.45) is 0 Å². The summed E-state index contributed by atoms with van der Waals surface area (Å²) in [5.41, 5.74) is 2.42. The molecular formula is C14H19ClO2. The SMILES string of the molecule is COc1ccc(C(C)(C)C)cc1C1(Cl)COC1. The van der Waals surface area contributed by atoms with Crippen molar-refractivity contribution in [2.75, 3.05) is 20.3 Å². The molecule has 0 saturated carbocycles. The van der Waals surface area contributed by atoms with Gasteiger partial charge in [0.05, 0.1) is 20.3 Å². The van der Waals surface area contributed by atoms with Crippen molar-refractivity contribution in [1.29, 1.82) is 0 Å². The second kappa shape index (κ2) is 4.18. The Labute approximate surface area is 108 Å². The van der Waals surface area contributed by atoms with Crippen LogP contribution in [0.25, 0.3) is 0 Å². The highest BCUT2D eigenvalue weighted by molar-refractivity contribution is 6.25. The minimum atomic E-state index is -0.410. The van der Waals surface area contributed by atoms with Crippen molar-refractivity contribution in [2.45, 2.75) is 31.1 Å². The standard InChI is InChI=1S/C14H19ClO2/c1-13(2,3)10-5-6-12(16-4)11(7-10)14(15)8-17-9-14/h5-7H,8-9H2,1-4H3. The summed E-state index contributed by atoms with van der Waals surface area (Å²) >= 11 is 6.53. The average Bonchev–Trinajstić information content (AvgIpc) is 2.23. The van der Waals surface area contributed by atoms with Crippen LogP contribution in [0.15, 0.2) is 18.2 Å². The fourth-order valence-electron chi connectivity index (χ4n) is 1.96. The van der Waals surface area contributed by atoms with Crippen molar-refractivity contribution in [3.63, 3.8) is 0 Å². The Bertz CT molecular complexity index is 417. The fourth-order valence-corrected chi connectivity index (χ4v) is 2.26. The zero-order chi connectivity index (χ0) is 12.7. The van der Waals surface area contributed by atoms with Crippen LogP contribution in [0, 0.1) is 0 Å². The lowest BCUT2D eigenvalue weighted by Gasteiger charge is -2.37. The molecule has 0 aliphatic carbocycles. The number of rotatable bonds is 2. The van der Waals surface area contributed by atoms with E-state index in [-0.39, 0.29) is 5.41 Å². The number of benzene rings is 1. The normalized spacial score (nSPS) is 18.6. The van der Waals surface area contributed by atoms with Gasteiger partial charge in [-0.2, -0.15) is 0 Å². The van der Waals surface area contributed by atoms with Gasteiger partial charge < -0.3 is 9.47 Å². The van der Waals surface area contributed by atoms with Crippen molar-refractivity contribution >= 4 is 11.6 Å². The van der Waals surface area contributed by atoms with Gasteiger partial charge in [0.2, 0.25) is 0 Å². The first kappa shape index (κ1) is 12.7. The molecule has 1 aromatic carbocycles. The summed E-state index contributed by atoms with van der Waals surface area (Å²) in [6, 6.07) is 6.24. The van der Waals surface area contributed by atoms with E-state index in [4.69, 9.17) is 21.1 Å². The van der Waals surface area contributed by atoms with E-state index in [1.807, 2.05) is 6.07 Å². The predicted molar refractivity (Wildman–Crippen MR) is 70.0 cm³/mol. The third-order valence-electron chi connectivity index (χ3n) is 3.21. The smallest absolute Gasteiger partial charge is 0.124 e. The number of hydrogen-bond donors (Lipinski definition) is 0. The maximum Gasteiger partial charge on any atom is 0.124 e. The quantitative estimate of drug-likeness (QED) is 0.753. The Morgan fingerprint density at radius 2 is 1.94 bits per heavy atom. The molecule has 1 fully saturated rings. The van der Waals surface area contributed by atoms with Gasteiger partial charge in [-0.05, 0) is 23.1 Å². The maximum absolute atomic E-state index is 6.53. The number of methoxy groups -OCH3 is 1. The van der Waals surface area contributed by atoms with Gasteiger partial charge in [-0.15, -0.1) is 11.6 Å². The van der Waals surface area contributed by atoms with E-state index >= 15 is 0 Å². The van der Waals surface area contributed by atoms with Crippen LogP contribution < -0.4 is 4.74 Å². The molecule has 0 atom stereocenters. The molecule has 2 nitrogen and oxygen atoms in total. The molecule has 0 unspecified atom stereocenters. The number of alkyl halides is 1. The first-order chi connectivity index (χ1) is 7.87. The second-order valence-corrected chi connectivity index (χ2v) is 6.35. The van der Waals surface area contributed by atoms with Crippen LogP contribution in [0.2, 0.25) is 0 Å². The summed E-state index contributed by atoms with van der Waals surface area (Å²) in [5.74, 6) is 0.844. The lowest BCUT2D eigenvalue weighted by molar-refractivity contribution is -0.0161. The molecule has 94 valence electrons. The van der Waals surface area contributed by atoms with E-state index in [1.54, 1.807) is 7.11 Å². The molecule has 17 heavy (non-hydrogen) atoms. The monoisotopic (exact) mass is 254 g/mol. The highest BCUT2D eigenvalue weighted by atomic mass is 35.5. The summed E-state index contributed by atoms with van der Waals surface area (Å²) in [4.78, 5) is -0.410. The molecule has 1 aromatic rings. The van der Waals surface area contributed by atoms with Crippen LogP contribution in [0.4, 0.5) is 0 Å². The van der Waals surface area contributed by atoms with Crippen molar-refractivity contribution in [3.8, 4) is 5.75 Å².